The third-order valence-electron chi connectivity index (χ3n) is 2.06. The van der Waals surface area contributed by atoms with Crippen LogP contribution in [0.3, 0.4) is 0 Å². The lowest BCUT2D eigenvalue weighted by atomic mass is 10.2. The highest BCUT2D eigenvalue weighted by Gasteiger charge is 2.08. The maximum atomic E-state index is 4.26. The summed E-state index contributed by atoms with van der Waals surface area (Å²) < 4.78 is 0. The molecule has 3 heteroatoms. The van der Waals surface area contributed by atoms with E-state index in [9.17, 15) is 0 Å². The van der Waals surface area contributed by atoms with Crippen LogP contribution in [0.2, 0.25) is 0 Å². The van der Waals surface area contributed by atoms with Crippen LogP contribution in [0.1, 0.15) is 0 Å². The highest BCUT2D eigenvalue weighted by molar-refractivity contribution is 5.98. The van der Waals surface area contributed by atoms with Crippen molar-refractivity contribution in [3.8, 4) is 0 Å². The van der Waals surface area contributed by atoms with E-state index in [1.165, 1.54) is 0 Å². The second kappa shape index (κ2) is 2.25. The van der Waals surface area contributed by atoms with E-state index in [2.05, 4.69) is 21.0 Å². The second-order valence-electron chi connectivity index (χ2n) is 2.83. The summed E-state index contributed by atoms with van der Waals surface area (Å²) in [4.78, 5) is 12.3. The smallest absolute Gasteiger partial charge is 0.120 e. The zero-order chi connectivity index (χ0) is 8.67. The fourth-order valence-electron chi connectivity index (χ4n) is 1.44. The number of para-hydroxylation sites is 1. The molecule has 0 saturated heterocycles. The number of fused-ring (bicyclic) bond motifs is 3. The Hall–Kier alpha value is -1.99. The summed E-state index contributed by atoms with van der Waals surface area (Å²) in [7, 11) is 0. The van der Waals surface area contributed by atoms with Gasteiger partial charge in [0, 0.05) is 5.39 Å². The van der Waals surface area contributed by atoms with Crippen LogP contribution in [0.25, 0.3) is 10.9 Å². The van der Waals surface area contributed by atoms with Gasteiger partial charge in [0.05, 0.1) is 11.7 Å². The van der Waals surface area contributed by atoms with Crippen molar-refractivity contribution in [2.45, 2.75) is 0 Å². The predicted molar refractivity (Wildman–Crippen MR) is 50.9 cm³/mol. The molecule has 60 valence electrons. The summed E-state index contributed by atoms with van der Waals surface area (Å²) in [6, 6.07) is 10.5. The van der Waals surface area contributed by atoms with Crippen LogP contribution in [-0.4, -0.2) is 11.0 Å². The minimum atomic E-state index is 0.804. The summed E-state index contributed by atoms with van der Waals surface area (Å²) in [5, 5.41) is 1.04. The minimum absolute atomic E-state index is 0.804. The SMILES string of the molecule is C1=Nc2cnc3ccccc3c2N=1. The first kappa shape index (κ1) is 6.52. The highest BCUT2D eigenvalue weighted by atomic mass is 14.9. The Kier molecular flexibility index (Phi) is 1.13. The molecule has 0 N–H and O–H groups in total. The average Bonchev–Trinajstić information content (AvgIpc) is 2.65. The van der Waals surface area contributed by atoms with Crippen LogP contribution in [0, 0.1) is 0 Å². The van der Waals surface area contributed by atoms with E-state index in [0.29, 0.717) is 0 Å². The minimum Gasteiger partial charge on any atom is -0.254 e. The van der Waals surface area contributed by atoms with Gasteiger partial charge in [-0.2, -0.15) is 9.98 Å². The molecule has 3 rings (SSSR count). The van der Waals surface area contributed by atoms with Crippen LogP contribution < -0.4 is 0 Å². The van der Waals surface area contributed by atoms with Gasteiger partial charge in [-0.05, 0) is 6.07 Å². The van der Waals surface area contributed by atoms with E-state index in [0.717, 1.165) is 22.3 Å². The molecule has 1 aromatic carbocycles. The maximum absolute atomic E-state index is 4.26. The van der Waals surface area contributed by atoms with E-state index in [1.54, 1.807) is 6.20 Å². The number of hydrogen-bond donors (Lipinski definition) is 0. The van der Waals surface area contributed by atoms with E-state index in [4.69, 9.17) is 0 Å². The van der Waals surface area contributed by atoms with Gasteiger partial charge in [-0.15, -0.1) is 0 Å². The maximum Gasteiger partial charge on any atom is 0.120 e. The molecule has 0 bridgehead atoms. The second-order valence-corrected chi connectivity index (χ2v) is 2.83. The highest BCUT2D eigenvalue weighted by Crippen LogP contribution is 2.35. The molecule has 0 fully saturated rings. The lowest BCUT2D eigenvalue weighted by molar-refractivity contribution is 1.38. The molecule has 0 saturated carbocycles. The molecular weight excluding hydrogens is 162 g/mol. The fourth-order valence-corrected chi connectivity index (χ4v) is 1.44. The molecule has 1 aliphatic rings. The van der Waals surface area contributed by atoms with Crippen molar-refractivity contribution in [2.75, 3.05) is 0 Å². The van der Waals surface area contributed by atoms with E-state index in [1.807, 2.05) is 24.3 Å². The van der Waals surface area contributed by atoms with Crippen LogP contribution in [0.15, 0.2) is 40.4 Å². The molecule has 0 spiro atoms. The van der Waals surface area contributed by atoms with Gasteiger partial charge in [0.15, 0.2) is 0 Å². The van der Waals surface area contributed by atoms with Crippen molar-refractivity contribution >= 4 is 28.3 Å². The topological polar surface area (TPSA) is 37.6 Å². The molecule has 2 heterocycles. The van der Waals surface area contributed by atoms with Crippen LogP contribution >= 0.6 is 0 Å². The summed E-state index contributed by atoms with van der Waals surface area (Å²) >= 11 is 0. The Morgan fingerprint density at radius 3 is 3.00 bits per heavy atom. The first-order valence-electron chi connectivity index (χ1n) is 3.99. The monoisotopic (exact) mass is 167 g/mol. The zero-order valence-corrected chi connectivity index (χ0v) is 6.73. The number of pyridine rings is 1. The summed E-state index contributed by atoms with van der Waals surface area (Å²) in [5.41, 5.74) is 2.63. The molecule has 1 aromatic heterocycles. The van der Waals surface area contributed by atoms with Crippen LogP contribution in [-0.2, 0) is 0 Å². The zero-order valence-electron chi connectivity index (χ0n) is 6.73. The van der Waals surface area contributed by atoms with E-state index in [-0.39, 0.29) is 0 Å². The third-order valence-corrected chi connectivity index (χ3v) is 2.06. The molecule has 0 unspecified atom stereocenters. The largest absolute Gasteiger partial charge is 0.254 e. The van der Waals surface area contributed by atoms with Gasteiger partial charge in [-0.3, -0.25) is 4.98 Å². The Labute approximate surface area is 74.5 Å². The Morgan fingerprint density at radius 1 is 1.08 bits per heavy atom. The molecule has 0 amide bonds. The molecule has 0 atom stereocenters. The number of hydrogen-bond acceptors (Lipinski definition) is 3. The van der Waals surface area contributed by atoms with Crippen molar-refractivity contribution in [3.05, 3.63) is 30.5 Å². The van der Waals surface area contributed by atoms with Crippen molar-refractivity contribution in [1.82, 2.24) is 4.98 Å². The average molecular weight is 167 g/mol. The van der Waals surface area contributed by atoms with Gasteiger partial charge in [-0.1, -0.05) is 18.2 Å². The lowest BCUT2D eigenvalue weighted by Crippen LogP contribution is -1.76. The number of benzene rings is 1. The Bertz CT molecular complexity index is 551. The molecule has 2 aromatic rings. The molecule has 0 aliphatic carbocycles. The van der Waals surface area contributed by atoms with E-state index < -0.39 is 0 Å². The molecule has 1 aliphatic heterocycles. The van der Waals surface area contributed by atoms with Crippen molar-refractivity contribution < 1.29 is 0 Å². The number of aliphatic imine (C=N–C) groups is 2. The van der Waals surface area contributed by atoms with Crippen LogP contribution in [0.5, 0.6) is 0 Å². The van der Waals surface area contributed by atoms with E-state index >= 15 is 0 Å². The van der Waals surface area contributed by atoms with Gasteiger partial charge in [0.2, 0.25) is 0 Å². The third kappa shape index (κ3) is 0.819. The quantitative estimate of drug-likeness (QED) is 0.507. The Balaban J connectivity index is 2.52. The van der Waals surface area contributed by atoms with Gasteiger partial charge in [-0.25, -0.2) is 0 Å². The van der Waals surface area contributed by atoms with Gasteiger partial charge in [0.1, 0.15) is 17.4 Å². The number of nitrogens with zero attached hydrogens (tertiary/aromatic N) is 3. The standard InChI is InChI=1S/C10H5N3/c1-2-4-8-7(3-1)10-9(5-11-8)12-6-13-10/h1-5H. The van der Waals surface area contributed by atoms with Gasteiger partial charge >= 0.3 is 0 Å². The first-order chi connectivity index (χ1) is 6.45. The van der Waals surface area contributed by atoms with Crippen molar-refractivity contribution in [2.24, 2.45) is 9.98 Å². The molecule has 0 radical (unpaired) electrons. The summed E-state index contributed by atoms with van der Waals surface area (Å²) in [5.74, 6) is 0. The van der Waals surface area contributed by atoms with Gasteiger partial charge < -0.3 is 0 Å². The Morgan fingerprint density at radius 2 is 2.00 bits per heavy atom. The molecular formula is C10H5N3. The van der Waals surface area contributed by atoms with Crippen molar-refractivity contribution in [1.29, 1.82) is 0 Å². The molecule has 13 heavy (non-hydrogen) atoms. The number of rotatable bonds is 0. The predicted octanol–water partition coefficient (Wildman–Crippen LogP) is 2.69. The number of aromatic nitrogens is 1. The molecule has 3 nitrogen and oxygen atoms in total. The van der Waals surface area contributed by atoms with Crippen LogP contribution in [0.4, 0.5) is 11.4 Å². The summed E-state index contributed by atoms with van der Waals surface area (Å²) in [6.45, 7) is 0. The fraction of sp³-hybridized carbons (Fsp3) is 0. The first-order valence-corrected chi connectivity index (χ1v) is 3.99. The normalized spacial score (nSPS) is 12.3. The van der Waals surface area contributed by atoms with Gasteiger partial charge in [0.25, 0.3) is 0 Å². The lowest BCUT2D eigenvalue weighted by Gasteiger charge is -1.99. The van der Waals surface area contributed by atoms with Crippen molar-refractivity contribution in [3.63, 3.8) is 0 Å². The summed E-state index contributed by atoms with van der Waals surface area (Å²) in [6.07, 6.45) is 1.72.